The molecule has 2 heteroatoms. The molecule has 0 N–H and O–H groups in total. The third-order valence-electron chi connectivity index (χ3n) is 6.54. The minimum atomic E-state index is 1.03. The minimum Gasteiger partial charge on any atom is -0.324 e. The lowest BCUT2D eigenvalue weighted by atomic mass is 9.91. The van der Waals surface area contributed by atoms with E-state index in [1.807, 2.05) is 0 Å². The molecule has 0 saturated carbocycles. The second-order valence-electron chi connectivity index (χ2n) is 6.86. The Kier molecular flexibility index (Phi) is 4.38. The Hall–Kier alpha value is -0.0800. The summed E-state index contributed by atoms with van der Waals surface area (Å²) >= 11 is 0. The Morgan fingerprint density at radius 3 is 1.22 bits per heavy atom. The number of hydrogen-bond acceptors (Lipinski definition) is 0. The van der Waals surface area contributed by atoms with Gasteiger partial charge in [-0.15, -0.1) is 0 Å². The summed E-state index contributed by atoms with van der Waals surface area (Å²) in [7, 11) is 0. The smallest absolute Gasteiger partial charge is 0.0822 e. The van der Waals surface area contributed by atoms with Gasteiger partial charge >= 0.3 is 0 Å². The largest absolute Gasteiger partial charge is 0.324 e. The summed E-state index contributed by atoms with van der Waals surface area (Å²) in [6, 6.07) is 0. The lowest BCUT2D eigenvalue weighted by Crippen LogP contribution is -2.47. The van der Waals surface area contributed by atoms with Crippen molar-refractivity contribution in [1.82, 2.24) is 0 Å². The van der Waals surface area contributed by atoms with Crippen LogP contribution in [0.4, 0.5) is 0 Å². The Labute approximate surface area is 114 Å². The number of rotatable bonds is 5. The molecule has 2 heterocycles. The molecule has 2 aliphatic rings. The van der Waals surface area contributed by atoms with E-state index in [1.54, 1.807) is 0 Å². The molecule has 0 aromatic rings. The molecule has 2 saturated heterocycles. The lowest BCUT2D eigenvalue weighted by Gasteiger charge is -2.34. The molecular formula is C16H34N2+2. The molecule has 0 bridgehead atoms. The van der Waals surface area contributed by atoms with E-state index in [2.05, 4.69) is 27.7 Å². The summed E-state index contributed by atoms with van der Waals surface area (Å²) < 4.78 is 2.80. The first-order chi connectivity index (χ1) is 8.62. The van der Waals surface area contributed by atoms with Gasteiger partial charge in [0.1, 0.15) is 0 Å². The fraction of sp³-hybridized carbons (Fsp3) is 1.00. The molecule has 0 aromatic heterocycles. The van der Waals surface area contributed by atoms with Crippen LogP contribution >= 0.6 is 0 Å². The highest BCUT2D eigenvalue weighted by Gasteiger charge is 2.45. The third kappa shape index (κ3) is 2.46. The van der Waals surface area contributed by atoms with Crippen LogP contribution in [0.2, 0.25) is 0 Å². The second-order valence-corrected chi connectivity index (χ2v) is 6.86. The summed E-state index contributed by atoms with van der Waals surface area (Å²) in [6.07, 6.45) is 3.00. The number of hydrogen-bond donors (Lipinski definition) is 0. The van der Waals surface area contributed by atoms with Crippen LogP contribution in [0.5, 0.6) is 0 Å². The average Bonchev–Trinajstić information content (AvgIpc) is 3.04. The number of quaternary nitrogens is 2. The van der Waals surface area contributed by atoms with E-state index in [-0.39, 0.29) is 0 Å². The van der Waals surface area contributed by atoms with Gasteiger partial charge in [-0.3, -0.25) is 0 Å². The van der Waals surface area contributed by atoms with Crippen molar-refractivity contribution in [3.63, 3.8) is 0 Å². The molecule has 2 nitrogen and oxygen atoms in total. The maximum Gasteiger partial charge on any atom is 0.0822 e. The Morgan fingerprint density at radius 2 is 1.00 bits per heavy atom. The van der Waals surface area contributed by atoms with E-state index >= 15 is 0 Å². The van der Waals surface area contributed by atoms with Crippen molar-refractivity contribution in [3.8, 4) is 0 Å². The molecule has 106 valence electrons. The topological polar surface area (TPSA) is 0 Å². The average molecular weight is 254 g/mol. The van der Waals surface area contributed by atoms with Gasteiger partial charge in [0.25, 0.3) is 0 Å². The van der Waals surface area contributed by atoms with Crippen molar-refractivity contribution in [2.45, 2.75) is 40.5 Å². The van der Waals surface area contributed by atoms with Gasteiger partial charge in [0.05, 0.1) is 52.4 Å². The first kappa shape index (κ1) is 14.3. The zero-order valence-corrected chi connectivity index (χ0v) is 13.1. The van der Waals surface area contributed by atoms with E-state index < -0.39 is 0 Å². The van der Waals surface area contributed by atoms with E-state index in [0.717, 1.165) is 11.8 Å². The van der Waals surface area contributed by atoms with Gasteiger partial charge in [-0.25, -0.2) is 0 Å². The predicted molar refractivity (Wildman–Crippen MR) is 78.4 cm³/mol. The fourth-order valence-corrected chi connectivity index (χ4v) is 4.61. The number of nitrogens with zero attached hydrogens (tertiary/aromatic N) is 2. The van der Waals surface area contributed by atoms with Gasteiger partial charge < -0.3 is 8.97 Å². The first-order valence-electron chi connectivity index (χ1n) is 8.32. The van der Waals surface area contributed by atoms with Crippen LogP contribution < -0.4 is 0 Å². The Bertz CT molecular complexity index is 238. The van der Waals surface area contributed by atoms with Crippen molar-refractivity contribution >= 4 is 0 Å². The van der Waals surface area contributed by atoms with Gasteiger partial charge in [-0.05, 0) is 27.7 Å². The third-order valence-corrected chi connectivity index (χ3v) is 6.54. The van der Waals surface area contributed by atoms with Crippen LogP contribution in [0.1, 0.15) is 40.5 Å². The molecule has 0 aromatic carbocycles. The molecule has 0 spiro atoms. The Morgan fingerprint density at radius 1 is 0.667 bits per heavy atom. The predicted octanol–water partition coefficient (Wildman–Crippen LogP) is 2.74. The molecule has 0 amide bonds. The van der Waals surface area contributed by atoms with Crippen LogP contribution in [-0.4, -0.2) is 61.3 Å². The van der Waals surface area contributed by atoms with Crippen molar-refractivity contribution in [2.24, 2.45) is 11.8 Å². The first-order valence-corrected chi connectivity index (χ1v) is 8.32. The monoisotopic (exact) mass is 254 g/mol. The summed E-state index contributed by atoms with van der Waals surface area (Å²) in [4.78, 5) is 0. The highest BCUT2D eigenvalue weighted by molar-refractivity contribution is 4.78. The molecule has 18 heavy (non-hydrogen) atoms. The van der Waals surface area contributed by atoms with Gasteiger partial charge in [-0.2, -0.15) is 0 Å². The van der Waals surface area contributed by atoms with Gasteiger partial charge in [-0.1, -0.05) is 0 Å². The van der Waals surface area contributed by atoms with E-state index in [0.29, 0.717) is 0 Å². The Balaban J connectivity index is 1.96. The van der Waals surface area contributed by atoms with Crippen molar-refractivity contribution in [1.29, 1.82) is 0 Å². The maximum absolute atomic E-state index is 2.39. The summed E-state index contributed by atoms with van der Waals surface area (Å²) in [5, 5.41) is 0. The minimum absolute atomic E-state index is 1.03. The summed E-state index contributed by atoms with van der Waals surface area (Å²) in [5.41, 5.74) is 0. The standard InChI is InChI=1S/C16H34N2/c1-5-17(6-2)11-9-15(13-17)16-10-12-18(7-3,8-4)14-16/h15-16H,5-14H2,1-4H3/q+2. The quantitative estimate of drug-likeness (QED) is 0.662. The normalized spacial score (nSPS) is 34.0. The van der Waals surface area contributed by atoms with Crippen molar-refractivity contribution < 1.29 is 8.97 Å². The second kappa shape index (κ2) is 5.50. The zero-order valence-electron chi connectivity index (χ0n) is 13.1. The molecule has 2 aliphatic heterocycles. The molecule has 0 aliphatic carbocycles. The van der Waals surface area contributed by atoms with E-state index in [9.17, 15) is 0 Å². The maximum atomic E-state index is 2.39. The highest BCUT2D eigenvalue weighted by Crippen LogP contribution is 2.37. The molecule has 2 rings (SSSR count). The molecular weight excluding hydrogens is 220 g/mol. The van der Waals surface area contributed by atoms with Crippen LogP contribution in [0.25, 0.3) is 0 Å². The fourth-order valence-electron chi connectivity index (χ4n) is 4.61. The van der Waals surface area contributed by atoms with Gasteiger partial charge in [0.2, 0.25) is 0 Å². The van der Waals surface area contributed by atoms with Crippen LogP contribution in [-0.2, 0) is 0 Å². The van der Waals surface area contributed by atoms with Crippen LogP contribution in [0, 0.1) is 11.8 Å². The van der Waals surface area contributed by atoms with Crippen LogP contribution in [0.3, 0.4) is 0 Å². The zero-order chi connectivity index (χ0) is 13.2. The van der Waals surface area contributed by atoms with E-state index in [1.165, 1.54) is 74.2 Å². The van der Waals surface area contributed by atoms with E-state index in [4.69, 9.17) is 0 Å². The molecule has 2 fully saturated rings. The van der Waals surface area contributed by atoms with Crippen molar-refractivity contribution in [2.75, 3.05) is 52.4 Å². The van der Waals surface area contributed by atoms with Crippen molar-refractivity contribution in [3.05, 3.63) is 0 Å². The van der Waals surface area contributed by atoms with Gasteiger partial charge in [0.15, 0.2) is 0 Å². The molecule has 2 atom stereocenters. The SMILES string of the molecule is CC[N+]1(CC)CCC(C2CC[N+](CC)(CC)C2)C1. The summed E-state index contributed by atoms with van der Waals surface area (Å²) in [5.74, 6) is 2.06. The summed E-state index contributed by atoms with van der Waals surface area (Å²) in [6.45, 7) is 20.8. The molecule has 0 radical (unpaired) electrons. The lowest BCUT2D eigenvalue weighted by molar-refractivity contribution is -0.918. The van der Waals surface area contributed by atoms with Crippen LogP contribution in [0.15, 0.2) is 0 Å². The molecule has 2 unspecified atom stereocenters. The number of likely N-dealkylation sites (tertiary alicyclic amines) is 2. The van der Waals surface area contributed by atoms with Gasteiger partial charge in [0, 0.05) is 24.7 Å². The highest BCUT2D eigenvalue weighted by atomic mass is 15.4.